The van der Waals surface area contributed by atoms with E-state index in [4.69, 9.17) is 5.73 Å². The maximum atomic E-state index is 12.3. The topological polar surface area (TPSA) is 113 Å². The summed E-state index contributed by atoms with van der Waals surface area (Å²) >= 11 is 0. The molecule has 0 heterocycles. The van der Waals surface area contributed by atoms with Gasteiger partial charge in [0.25, 0.3) is 0 Å². The van der Waals surface area contributed by atoms with Crippen LogP contribution in [-0.2, 0) is 9.59 Å². The van der Waals surface area contributed by atoms with E-state index >= 15 is 0 Å². The molecule has 5 N–H and O–H groups in total. The van der Waals surface area contributed by atoms with E-state index in [1.165, 1.54) is 6.92 Å². The van der Waals surface area contributed by atoms with Crippen molar-refractivity contribution in [3.63, 3.8) is 0 Å². The van der Waals surface area contributed by atoms with Gasteiger partial charge >= 0.3 is 6.03 Å². The van der Waals surface area contributed by atoms with E-state index in [2.05, 4.69) is 16.0 Å². The molecule has 7 nitrogen and oxygen atoms in total. The van der Waals surface area contributed by atoms with Gasteiger partial charge < -0.3 is 21.7 Å². The molecular formula is C15H30N4O3. The third kappa shape index (κ3) is 8.61. The predicted octanol–water partition coefficient (Wildman–Crippen LogP) is 0.533. The quantitative estimate of drug-likeness (QED) is 0.417. The number of rotatable bonds is 11. The van der Waals surface area contributed by atoms with Gasteiger partial charge in [-0.15, -0.1) is 0 Å². The zero-order chi connectivity index (χ0) is 17.1. The largest absolute Gasteiger partial charge is 0.352 e. The van der Waals surface area contributed by atoms with Crippen molar-refractivity contribution in [2.45, 2.75) is 59.0 Å². The van der Waals surface area contributed by atoms with E-state index in [0.29, 0.717) is 19.4 Å². The minimum atomic E-state index is -0.591. The zero-order valence-electron chi connectivity index (χ0n) is 14.1. The fourth-order valence-corrected chi connectivity index (χ4v) is 2.09. The van der Waals surface area contributed by atoms with Gasteiger partial charge in [-0.2, -0.15) is 0 Å². The van der Waals surface area contributed by atoms with Crippen molar-refractivity contribution in [1.29, 1.82) is 0 Å². The summed E-state index contributed by atoms with van der Waals surface area (Å²) in [5.41, 5.74) is 4.97. The van der Waals surface area contributed by atoms with Crippen molar-refractivity contribution in [2.75, 3.05) is 13.1 Å². The molecule has 0 aliphatic carbocycles. The van der Waals surface area contributed by atoms with E-state index in [9.17, 15) is 14.4 Å². The number of nitrogens with one attached hydrogen (secondary N) is 3. The number of nitrogens with two attached hydrogens (primary N) is 1. The van der Waals surface area contributed by atoms with Crippen LogP contribution in [0.5, 0.6) is 0 Å². The molecule has 0 bridgehead atoms. The Morgan fingerprint density at radius 1 is 1.14 bits per heavy atom. The van der Waals surface area contributed by atoms with Crippen LogP contribution in [0.4, 0.5) is 4.79 Å². The van der Waals surface area contributed by atoms with Gasteiger partial charge in [0.05, 0.1) is 12.1 Å². The zero-order valence-corrected chi connectivity index (χ0v) is 14.1. The molecule has 0 fully saturated rings. The lowest BCUT2D eigenvalue weighted by molar-refractivity contribution is -0.129. The van der Waals surface area contributed by atoms with Crippen molar-refractivity contribution in [3.05, 3.63) is 0 Å². The average molecular weight is 314 g/mol. The average Bonchev–Trinajstić information content (AvgIpc) is 2.41. The molecule has 0 saturated carbocycles. The van der Waals surface area contributed by atoms with Crippen LogP contribution < -0.4 is 21.7 Å². The molecule has 3 amide bonds. The van der Waals surface area contributed by atoms with Gasteiger partial charge in [-0.1, -0.05) is 20.8 Å². The molecule has 0 aliphatic rings. The van der Waals surface area contributed by atoms with Gasteiger partial charge in [0, 0.05) is 6.54 Å². The highest BCUT2D eigenvalue weighted by Gasteiger charge is 2.25. The van der Waals surface area contributed by atoms with Crippen molar-refractivity contribution in [2.24, 2.45) is 11.7 Å². The number of hydrogen-bond acceptors (Lipinski definition) is 4. The van der Waals surface area contributed by atoms with Crippen LogP contribution in [0.25, 0.3) is 0 Å². The van der Waals surface area contributed by atoms with Gasteiger partial charge in [0.2, 0.25) is 5.91 Å². The van der Waals surface area contributed by atoms with Gasteiger partial charge in [-0.3, -0.25) is 9.59 Å². The second-order valence-electron chi connectivity index (χ2n) is 5.78. The Kier molecular flexibility index (Phi) is 10.2. The second-order valence-corrected chi connectivity index (χ2v) is 5.78. The van der Waals surface area contributed by atoms with Gasteiger partial charge in [-0.05, 0) is 38.6 Å². The van der Waals surface area contributed by atoms with E-state index in [1.54, 1.807) is 0 Å². The van der Waals surface area contributed by atoms with Crippen LogP contribution >= 0.6 is 0 Å². The molecule has 0 radical (unpaired) electrons. The first-order valence-corrected chi connectivity index (χ1v) is 7.87. The highest BCUT2D eigenvalue weighted by Crippen LogP contribution is 2.05. The molecule has 0 aromatic heterocycles. The third-order valence-corrected chi connectivity index (χ3v) is 3.34. The van der Waals surface area contributed by atoms with Crippen LogP contribution in [0, 0.1) is 5.92 Å². The molecule has 2 unspecified atom stereocenters. The van der Waals surface area contributed by atoms with E-state index in [0.717, 1.165) is 13.0 Å². The Morgan fingerprint density at radius 3 is 2.23 bits per heavy atom. The van der Waals surface area contributed by atoms with Crippen molar-refractivity contribution in [1.82, 2.24) is 16.0 Å². The number of hydrogen-bond donors (Lipinski definition) is 4. The SMILES string of the molecule is CCCNC(C(=O)NC(CCCNC(N)=O)C(C)=O)C(C)C. The van der Waals surface area contributed by atoms with E-state index in [-0.39, 0.29) is 23.7 Å². The predicted molar refractivity (Wildman–Crippen MR) is 86.4 cm³/mol. The lowest BCUT2D eigenvalue weighted by Gasteiger charge is -2.24. The summed E-state index contributed by atoms with van der Waals surface area (Å²) in [6, 6.07) is -1.44. The van der Waals surface area contributed by atoms with Crippen LogP contribution in [-0.4, -0.2) is 42.9 Å². The Hall–Kier alpha value is -1.63. The first kappa shape index (κ1) is 20.4. The van der Waals surface area contributed by atoms with Crippen LogP contribution in [0.3, 0.4) is 0 Å². The first-order valence-electron chi connectivity index (χ1n) is 7.87. The molecule has 0 aromatic carbocycles. The van der Waals surface area contributed by atoms with Crippen molar-refractivity contribution >= 4 is 17.7 Å². The van der Waals surface area contributed by atoms with Crippen molar-refractivity contribution < 1.29 is 14.4 Å². The number of primary amides is 1. The molecule has 22 heavy (non-hydrogen) atoms. The number of ketones is 1. The first-order chi connectivity index (χ1) is 10.3. The summed E-state index contributed by atoms with van der Waals surface area (Å²) in [7, 11) is 0. The molecule has 2 atom stereocenters. The summed E-state index contributed by atoms with van der Waals surface area (Å²) in [5, 5.41) is 8.46. The fourth-order valence-electron chi connectivity index (χ4n) is 2.09. The van der Waals surface area contributed by atoms with Gasteiger partial charge in [0.15, 0.2) is 5.78 Å². The third-order valence-electron chi connectivity index (χ3n) is 3.34. The molecule has 7 heteroatoms. The summed E-state index contributed by atoms with van der Waals surface area (Å²) in [6.45, 7) is 8.56. The van der Waals surface area contributed by atoms with E-state index < -0.39 is 12.1 Å². The summed E-state index contributed by atoms with van der Waals surface area (Å²) < 4.78 is 0. The minimum Gasteiger partial charge on any atom is -0.352 e. The number of carbonyl (C=O) groups excluding carboxylic acids is 3. The minimum absolute atomic E-state index is 0.0922. The molecule has 128 valence electrons. The summed E-state index contributed by atoms with van der Waals surface area (Å²) in [5.74, 6) is -0.118. The van der Waals surface area contributed by atoms with Crippen LogP contribution in [0.1, 0.15) is 47.0 Å². The molecule has 0 rings (SSSR count). The highest BCUT2D eigenvalue weighted by molar-refractivity contribution is 5.89. The smallest absolute Gasteiger partial charge is 0.312 e. The number of amides is 3. The lowest BCUT2D eigenvalue weighted by atomic mass is 10.0. The fraction of sp³-hybridized carbons (Fsp3) is 0.800. The van der Waals surface area contributed by atoms with Gasteiger partial charge in [-0.25, -0.2) is 4.79 Å². The number of urea groups is 1. The molecule has 0 spiro atoms. The highest BCUT2D eigenvalue weighted by atomic mass is 16.2. The molecule has 0 aliphatic heterocycles. The Morgan fingerprint density at radius 2 is 1.77 bits per heavy atom. The summed E-state index contributed by atoms with van der Waals surface area (Å²) in [4.78, 5) is 34.6. The molecular weight excluding hydrogens is 284 g/mol. The monoisotopic (exact) mass is 314 g/mol. The Labute approximate surface area is 132 Å². The number of Topliss-reactive ketones (excluding diaryl/α,β-unsaturated/α-hetero) is 1. The Bertz CT molecular complexity index is 372. The van der Waals surface area contributed by atoms with Crippen LogP contribution in [0.15, 0.2) is 0 Å². The van der Waals surface area contributed by atoms with E-state index in [1.807, 2.05) is 20.8 Å². The second kappa shape index (κ2) is 11.0. The van der Waals surface area contributed by atoms with Crippen molar-refractivity contribution in [3.8, 4) is 0 Å². The maximum Gasteiger partial charge on any atom is 0.312 e. The lowest BCUT2D eigenvalue weighted by Crippen LogP contribution is -2.52. The van der Waals surface area contributed by atoms with Crippen LogP contribution in [0.2, 0.25) is 0 Å². The standard InChI is InChI=1S/C15H30N4O3/c1-5-8-17-13(10(2)3)14(21)19-12(11(4)20)7-6-9-18-15(16)22/h10,12-13,17H,5-9H2,1-4H3,(H,19,21)(H3,16,18,22). The molecule has 0 saturated heterocycles. The van der Waals surface area contributed by atoms with Gasteiger partial charge in [0.1, 0.15) is 0 Å². The summed E-state index contributed by atoms with van der Waals surface area (Å²) in [6.07, 6.45) is 1.98. The molecule has 0 aromatic rings. The number of carbonyl (C=O) groups is 3. The maximum absolute atomic E-state index is 12.3. The normalized spacial score (nSPS) is 13.5. The Balaban J connectivity index is 4.48.